The first kappa shape index (κ1) is 31.6. The van der Waals surface area contributed by atoms with Crippen LogP contribution in [0.15, 0.2) is 72.5 Å². The van der Waals surface area contributed by atoms with Crippen molar-refractivity contribution in [3.05, 3.63) is 89.1 Å². The third-order valence-electron chi connectivity index (χ3n) is 7.50. The molecule has 0 aromatic heterocycles. The lowest BCUT2D eigenvalue weighted by Crippen LogP contribution is -2.56. The number of esters is 1. The molecule has 0 saturated carbocycles. The second-order valence-electron chi connectivity index (χ2n) is 10.3. The minimum Gasteiger partial charge on any atom is -0.497 e. The minimum absolute atomic E-state index is 0.0634. The van der Waals surface area contributed by atoms with Gasteiger partial charge in [-0.2, -0.15) is 13.2 Å². The smallest absolute Gasteiger partial charge is 0.416 e. The molecule has 2 aromatic carbocycles. The fourth-order valence-corrected chi connectivity index (χ4v) is 5.35. The van der Waals surface area contributed by atoms with Crippen LogP contribution in [0.1, 0.15) is 41.4 Å². The first-order valence-corrected chi connectivity index (χ1v) is 13.9. The maximum atomic E-state index is 13.4. The molecule has 9 nitrogen and oxygen atoms in total. The van der Waals surface area contributed by atoms with Crippen molar-refractivity contribution in [1.29, 1.82) is 0 Å². The lowest BCUT2D eigenvalue weighted by molar-refractivity contribution is -0.139. The predicted molar refractivity (Wildman–Crippen MR) is 153 cm³/mol. The zero-order valence-electron chi connectivity index (χ0n) is 24.3. The summed E-state index contributed by atoms with van der Waals surface area (Å²) in [4.78, 5) is 45.1. The summed E-state index contributed by atoms with van der Waals surface area (Å²) in [6.07, 6.45) is -3.01. The Morgan fingerprint density at radius 3 is 2.33 bits per heavy atom. The molecule has 43 heavy (non-hydrogen) atoms. The number of carbonyl (C=O) groups excluding carboxylic acids is 3. The van der Waals surface area contributed by atoms with Gasteiger partial charge in [0.25, 0.3) is 5.91 Å². The number of benzene rings is 2. The number of nitrogens with one attached hydrogen (secondary N) is 1. The van der Waals surface area contributed by atoms with E-state index in [-0.39, 0.29) is 37.2 Å². The van der Waals surface area contributed by atoms with Crippen molar-refractivity contribution >= 4 is 17.9 Å². The zero-order chi connectivity index (χ0) is 31.3. The van der Waals surface area contributed by atoms with E-state index in [1.807, 2.05) is 11.8 Å². The summed E-state index contributed by atoms with van der Waals surface area (Å²) in [5.74, 6) is -0.151. The van der Waals surface area contributed by atoms with Crippen molar-refractivity contribution in [2.45, 2.75) is 32.1 Å². The van der Waals surface area contributed by atoms with E-state index in [1.54, 1.807) is 43.2 Å². The molecular formula is C31H35F3N4O5. The number of piperazine rings is 1. The molecule has 2 atom stereocenters. The molecule has 2 aliphatic heterocycles. The Hall–Kier alpha value is -4.32. The fourth-order valence-electron chi connectivity index (χ4n) is 5.35. The van der Waals surface area contributed by atoms with Gasteiger partial charge in [0.15, 0.2) is 0 Å². The molecule has 2 unspecified atom stereocenters. The third kappa shape index (κ3) is 7.02. The maximum Gasteiger partial charge on any atom is 0.416 e. The molecular weight excluding hydrogens is 565 g/mol. The first-order valence-electron chi connectivity index (χ1n) is 13.9. The summed E-state index contributed by atoms with van der Waals surface area (Å²) < 4.78 is 50.2. The molecule has 230 valence electrons. The van der Waals surface area contributed by atoms with Crippen molar-refractivity contribution in [1.82, 2.24) is 20.0 Å². The lowest BCUT2D eigenvalue weighted by Gasteiger charge is -2.43. The number of urea groups is 1. The van der Waals surface area contributed by atoms with Gasteiger partial charge in [-0.15, -0.1) is 6.58 Å². The highest BCUT2D eigenvalue weighted by Gasteiger charge is 2.40. The molecule has 2 heterocycles. The van der Waals surface area contributed by atoms with E-state index in [9.17, 15) is 27.6 Å². The molecule has 12 heteroatoms. The van der Waals surface area contributed by atoms with Gasteiger partial charge in [0.1, 0.15) is 5.75 Å². The summed E-state index contributed by atoms with van der Waals surface area (Å²) in [5, 5.41) is 2.76. The zero-order valence-corrected chi connectivity index (χ0v) is 24.3. The van der Waals surface area contributed by atoms with Crippen molar-refractivity contribution in [3.8, 4) is 5.75 Å². The summed E-state index contributed by atoms with van der Waals surface area (Å²) in [7, 11) is 1.55. The number of amides is 3. The number of ether oxygens (including phenoxy) is 2. The van der Waals surface area contributed by atoms with Crippen LogP contribution in [0.3, 0.4) is 0 Å². The van der Waals surface area contributed by atoms with Crippen LogP contribution in [0.4, 0.5) is 18.0 Å². The van der Waals surface area contributed by atoms with Crippen LogP contribution in [-0.2, 0) is 15.7 Å². The maximum absolute atomic E-state index is 13.4. The molecule has 4 rings (SSSR count). The Labute approximate surface area is 248 Å². The molecule has 1 fully saturated rings. The van der Waals surface area contributed by atoms with Gasteiger partial charge < -0.3 is 19.7 Å². The van der Waals surface area contributed by atoms with Crippen LogP contribution >= 0.6 is 0 Å². The van der Waals surface area contributed by atoms with Gasteiger partial charge in [0.2, 0.25) is 0 Å². The molecule has 0 bridgehead atoms. The minimum atomic E-state index is -4.53. The van der Waals surface area contributed by atoms with E-state index in [4.69, 9.17) is 9.47 Å². The number of hydrogen-bond donors (Lipinski definition) is 1. The van der Waals surface area contributed by atoms with Crippen LogP contribution in [-0.4, -0.2) is 85.1 Å². The first-order chi connectivity index (χ1) is 20.5. The number of rotatable bonds is 9. The van der Waals surface area contributed by atoms with E-state index in [1.165, 1.54) is 23.1 Å². The van der Waals surface area contributed by atoms with E-state index in [2.05, 4.69) is 11.9 Å². The molecule has 0 radical (unpaired) electrons. The Balaban J connectivity index is 1.64. The number of alkyl halides is 3. The lowest BCUT2D eigenvalue weighted by atomic mass is 9.93. The van der Waals surface area contributed by atoms with E-state index in [0.29, 0.717) is 42.2 Å². The van der Waals surface area contributed by atoms with Crippen molar-refractivity contribution in [2.75, 3.05) is 46.4 Å². The van der Waals surface area contributed by atoms with Crippen LogP contribution in [0.2, 0.25) is 0 Å². The second-order valence-corrected chi connectivity index (χ2v) is 10.3. The third-order valence-corrected chi connectivity index (χ3v) is 7.50. The molecule has 0 spiro atoms. The van der Waals surface area contributed by atoms with Gasteiger partial charge in [-0.1, -0.05) is 18.2 Å². The van der Waals surface area contributed by atoms with E-state index < -0.39 is 29.8 Å². The molecule has 2 aromatic rings. The number of hydrogen-bond acceptors (Lipinski definition) is 6. The highest BCUT2D eigenvalue weighted by atomic mass is 19.4. The normalized spacial score (nSPS) is 19.6. The van der Waals surface area contributed by atoms with Gasteiger partial charge >= 0.3 is 18.2 Å². The summed E-state index contributed by atoms with van der Waals surface area (Å²) in [5.41, 5.74) is 0.503. The van der Waals surface area contributed by atoms with Crippen LogP contribution < -0.4 is 10.1 Å². The molecule has 1 saturated heterocycles. The Kier molecular flexibility index (Phi) is 9.80. The Bertz CT molecular complexity index is 1380. The molecule has 3 amide bonds. The van der Waals surface area contributed by atoms with Crippen molar-refractivity contribution in [3.63, 3.8) is 0 Å². The summed E-state index contributed by atoms with van der Waals surface area (Å²) in [6, 6.07) is 9.48. The van der Waals surface area contributed by atoms with Crippen LogP contribution in [0.5, 0.6) is 5.75 Å². The average Bonchev–Trinajstić information content (AvgIpc) is 2.98. The number of halogens is 3. The standard InChI is InChI=1S/C31H35F3N4O5/c1-5-15-38-25(19-36-16-17-37(20(3)18-36)28(39)22-9-13-24(42-4)14-10-22)26(29(40)43-6-2)27(35-30(38)41)21-7-11-23(12-8-21)31(32,33)34/h5,7-14,20,27H,1,6,15-19H2,2-4H3,(H,35,41). The van der Waals surface area contributed by atoms with Gasteiger partial charge in [-0.3, -0.25) is 14.6 Å². The summed E-state index contributed by atoms with van der Waals surface area (Å²) >= 11 is 0. The molecule has 2 aliphatic rings. The van der Waals surface area contributed by atoms with Crippen LogP contribution in [0.25, 0.3) is 0 Å². The van der Waals surface area contributed by atoms with Crippen molar-refractivity contribution < 1.29 is 37.0 Å². The van der Waals surface area contributed by atoms with E-state index >= 15 is 0 Å². The second kappa shape index (κ2) is 13.3. The quantitative estimate of drug-likeness (QED) is 0.334. The van der Waals surface area contributed by atoms with Gasteiger partial charge in [0, 0.05) is 50.0 Å². The average molecular weight is 601 g/mol. The van der Waals surface area contributed by atoms with Gasteiger partial charge in [-0.25, -0.2) is 9.59 Å². The molecule has 1 N–H and O–H groups in total. The Morgan fingerprint density at radius 2 is 1.77 bits per heavy atom. The van der Waals surface area contributed by atoms with E-state index in [0.717, 1.165) is 12.1 Å². The highest BCUT2D eigenvalue weighted by Crippen LogP contribution is 2.35. The summed E-state index contributed by atoms with van der Waals surface area (Å²) in [6.45, 7) is 8.95. The number of carbonyl (C=O) groups is 3. The van der Waals surface area contributed by atoms with Gasteiger partial charge in [0.05, 0.1) is 30.9 Å². The SMILES string of the molecule is C=CCN1C(=O)NC(c2ccc(C(F)(F)F)cc2)C(C(=O)OCC)=C1CN1CCN(C(=O)c2ccc(OC)cc2)C(C)C1. The van der Waals surface area contributed by atoms with Crippen molar-refractivity contribution in [2.24, 2.45) is 0 Å². The molecule has 0 aliphatic carbocycles. The van der Waals surface area contributed by atoms with Gasteiger partial charge in [-0.05, 0) is 55.8 Å². The highest BCUT2D eigenvalue weighted by molar-refractivity contribution is 5.96. The fraction of sp³-hybridized carbons (Fsp3) is 0.387. The number of methoxy groups -OCH3 is 1. The number of nitrogens with zero attached hydrogens (tertiary/aromatic N) is 3. The Morgan fingerprint density at radius 1 is 1.09 bits per heavy atom. The largest absolute Gasteiger partial charge is 0.497 e. The monoisotopic (exact) mass is 600 g/mol. The van der Waals surface area contributed by atoms with Crippen LogP contribution in [0, 0.1) is 0 Å². The predicted octanol–water partition coefficient (Wildman–Crippen LogP) is 4.63. The topological polar surface area (TPSA) is 91.4 Å².